The fourth-order valence-corrected chi connectivity index (χ4v) is 2.22. The predicted octanol–water partition coefficient (Wildman–Crippen LogP) is 1.14. The highest BCUT2D eigenvalue weighted by atomic mass is 15.2. The van der Waals surface area contributed by atoms with Crippen LogP contribution in [0.3, 0.4) is 0 Å². The van der Waals surface area contributed by atoms with E-state index >= 15 is 0 Å². The first-order valence-corrected chi connectivity index (χ1v) is 6.12. The Morgan fingerprint density at radius 3 is 2.27 bits per heavy atom. The Morgan fingerprint density at radius 2 is 1.87 bits per heavy atom. The van der Waals surface area contributed by atoms with E-state index in [0.717, 1.165) is 19.0 Å². The molecule has 1 saturated heterocycles. The number of nitrogens with two attached hydrogens (primary N) is 1. The second-order valence-electron chi connectivity index (χ2n) is 5.48. The van der Waals surface area contributed by atoms with Gasteiger partial charge >= 0.3 is 0 Å². The molecule has 0 saturated carbocycles. The summed E-state index contributed by atoms with van der Waals surface area (Å²) in [6, 6.07) is 0.770. The van der Waals surface area contributed by atoms with Gasteiger partial charge < -0.3 is 15.5 Å². The zero-order valence-corrected chi connectivity index (χ0v) is 10.8. The Kier molecular flexibility index (Phi) is 4.56. The fraction of sp³-hybridized carbons (Fsp3) is 1.00. The predicted molar refractivity (Wildman–Crippen MR) is 66.0 cm³/mol. The highest BCUT2D eigenvalue weighted by Gasteiger charge is 2.25. The van der Waals surface area contributed by atoms with Crippen molar-refractivity contribution in [2.24, 2.45) is 5.73 Å². The van der Waals surface area contributed by atoms with Crippen molar-refractivity contribution in [1.82, 2.24) is 9.80 Å². The molecule has 15 heavy (non-hydrogen) atoms. The standard InChI is InChI=1S/C12H27N3/c1-5-12(2,13)10-15-8-6-11(7-9-15)14(3)4/h11H,5-10,13H2,1-4H3. The van der Waals surface area contributed by atoms with E-state index in [1.165, 1.54) is 25.9 Å². The maximum Gasteiger partial charge on any atom is 0.0252 e. The molecule has 3 heteroatoms. The molecule has 1 aliphatic rings. The molecule has 1 fully saturated rings. The van der Waals surface area contributed by atoms with Gasteiger partial charge in [-0.25, -0.2) is 0 Å². The third kappa shape index (κ3) is 4.09. The van der Waals surface area contributed by atoms with Crippen molar-refractivity contribution < 1.29 is 0 Å². The van der Waals surface area contributed by atoms with Gasteiger partial charge in [-0.1, -0.05) is 6.92 Å². The minimum absolute atomic E-state index is 0.00898. The van der Waals surface area contributed by atoms with Gasteiger partial charge in [0.1, 0.15) is 0 Å². The number of hydrogen-bond acceptors (Lipinski definition) is 3. The molecule has 0 aliphatic carbocycles. The van der Waals surface area contributed by atoms with Crippen LogP contribution >= 0.6 is 0 Å². The molecule has 1 aliphatic heterocycles. The lowest BCUT2D eigenvalue weighted by atomic mass is 9.97. The largest absolute Gasteiger partial charge is 0.324 e. The van der Waals surface area contributed by atoms with E-state index in [-0.39, 0.29) is 5.54 Å². The second-order valence-corrected chi connectivity index (χ2v) is 5.48. The molecule has 1 heterocycles. The number of nitrogens with zero attached hydrogens (tertiary/aromatic N) is 2. The van der Waals surface area contributed by atoms with Crippen molar-refractivity contribution in [1.29, 1.82) is 0 Å². The summed E-state index contributed by atoms with van der Waals surface area (Å²) in [4.78, 5) is 4.86. The Labute approximate surface area is 94.6 Å². The zero-order chi connectivity index (χ0) is 11.5. The highest BCUT2D eigenvalue weighted by Crippen LogP contribution is 2.16. The molecule has 90 valence electrons. The molecule has 0 radical (unpaired) electrons. The summed E-state index contributed by atoms with van der Waals surface area (Å²) < 4.78 is 0. The molecular formula is C12H27N3. The summed E-state index contributed by atoms with van der Waals surface area (Å²) in [5, 5.41) is 0. The quantitative estimate of drug-likeness (QED) is 0.760. The molecule has 1 unspecified atom stereocenters. The molecule has 0 spiro atoms. The topological polar surface area (TPSA) is 32.5 Å². The molecule has 0 aromatic rings. The molecule has 0 aromatic carbocycles. The minimum atomic E-state index is -0.00898. The first-order valence-electron chi connectivity index (χ1n) is 6.12. The van der Waals surface area contributed by atoms with Gasteiger partial charge in [-0.3, -0.25) is 0 Å². The normalized spacial score (nSPS) is 24.4. The summed E-state index contributed by atoms with van der Waals surface area (Å²) in [5.41, 5.74) is 6.18. The zero-order valence-electron chi connectivity index (χ0n) is 10.8. The summed E-state index contributed by atoms with van der Waals surface area (Å²) in [6.45, 7) is 7.78. The molecule has 3 nitrogen and oxygen atoms in total. The lowest BCUT2D eigenvalue weighted by molar-refractivity contribution is 0.124. The SMILES string of the molecule is CCC(C)(N)CN1CCC(N(C)C)CC1. The molecule has 0 aromatic heterocycles. The monoisotopic (exact) mass is 213 g/mol. The van der Waals surface area contributed by atoms with Gasteiger partial charge in [0.2, 0.25) is 0 Å². The van der Waals surface area contributed by atoms with E-state index in [1.807, 2.05) is 0 Å². The van der Waals surface area contributed by atoms with Crippen LogP contribution in [0.25, 0.3) is 0 Å². The van der Waals surface area contributed by atoms with Gasteiger partial charge in [0.25, 0.3) is 0 Å². The van der Waals surface area contributed by atoms with E-state index in [9.17, 15) is 0 Å². The maximum atomic E-state index is 6.19. The fourth-order valence-electron chi connectivity index (χ4n) is 2.22. The van der Waals surface area contributed by atoms with Crippen LogP contribution in [0.1, 0.15) is 33.1 Å². The van der Waals surface area contributed by atoms with Crippen molar-refractivity contribution in [2.75, 3.05) is 33.7 Å². The smallest absolute Gasteiger partial charge is 0.0252 e. The van der Waals surface area contributed by atoms with Gasteiger partial charge in [0.05, 0.1) is 0 Å². The highest BCUT2D eigenvalue weighted by molar-refractivity contribution is 4.85. The molecule has 1 atom stereocenters. The number of piperidine rings is 1. The Bertz CT molecular complexity index is 181. The van der Waals surface area contributed by atoms with Gasteiger partial charge in [-0.15, -0.1) is 0 Å². The second kappa shape index (κ2) is 5.28. The van der Waals surface area contributed by atoms with Crippen LogP contribution in [-0.2, 0) is 0 Å². The third-order valence-corrected chi connectivity index (χ3v) is 3.68. The van der Waals surface area contributed by atoms with E-state index in [1.54, 1.807) is 0 Å². The van der Waals surface area contributed by atoms with Gasteiger partial charge in [0.15, 0.2) is 0 Å². The van der Waals surface area contributed by atoms with E-state index < -0.39 is 0 Å². The average Bonchev–Trinajstić information content (AvgIpc) is 2.18. The molecular weight excluding hydrogens is 186 g/mol. The summed E-state index contributed by atoms with van der Waals surface area (Å²) in [7, 11) is 4.36. The number of likely N-dealkylation sites (tertiary alicyclic amines) is 1. The van der Waals surface area contributed by atoms with Crippen molar-refractivity contribution in [2.45, 2.75) is 44.7 Å². The van der Waals surface area contributed by atoms with Crippen LogP contribution in [0, 0.1) is 0 Å². The van der Waals surface area contributed by atoms with Crippen LogP contribution in [0.4, 0.5) is 0 Å². The molecule has 0 bridgehead atoms. The maximum absolute atomic E-state index is 6.19. The van der Waals surface area contributed by atoms with Crippen LogP contribution in [-0.4, -0.2) is 55.1 Å². The Hall–Kier alpha value is -0.120. The first-order chi connectivity index (χ1) is 6.94. The van der Waals surface area contributed by atoms with E-state index in [4.69, 9.17) is 5.73 Å². The minimum Gasteiger partial charge on any atom is -0.324 e. The van der Waals surface area contributed by atoms with E-state index in [2.05, 4.69) is 37.7 Å². The Balaban J connectivity index is 2.32. The first kappa shape index (κ1) is 12.9. The van der Waals surface area contributed by atoms with Crippen LogP contribution in [0.15, 0.2) is 0 Å². The number of rotatable bonds is 4. The molecule has 2 N–H and O–H groups in total. The lowest BCUT2D eigenvalue weighted by Crippen LogP contribution is -2.51. The van der Waals surface area contributed by atoms with Gasteiger partial charge in [0, 0.05) is 18.1 Å². The lowest BCUT2D eigenvalue weighted by Gasteiger charge is -2.38. The van der Waals surface area contributed by atoms with Crippen LogP contribution < -0.4 is 5.73 Å². The summed E-state index contributed by atoms with van der Waals surface area (Å²) in [5.74, 6) is 0. The molecule has 0 amide bonds. The number of hydrogen-bond donors (Lipinski definition) is 1. The Morgan fingerprint density at radius 1 is 1.33 bits per heavy atom. The van der Waals surface area contributed by atoms with Crippen molar-refractivity contribution >= 4 is 0 Å². The molecule has 1 rings (SSSR count). The van der Waals surface area contributed by atoms with Crippen LogP contribution in [0.2, 0.25) is 0 Å². The summed E-state index contributed by atoms with van der Waals surface area (Å²) >= 11 is 0. The van der Waals surface area contributed by atoms with Crippen molar-refractivity contribution in [3.05, 3.63) is 0 Å². The van der Waals surface area contributed by atoms with Gasteiger partial charge in [-0.05, 0) is 53.4 Å². The van der Waals surface area contributed by atoms with Crippen molar-refractivity contribution in [3.8, 4) is 0 Å². The average molecular weight is 213 g/mol. The third-order valence-electron chi connectivity index (χ3n) is 3.68. The van der Waals surface area contributed by atoms with Crippen LogP contribution in [0.5, 0.6) is 0 Å². The van der Waals surface area contributed by atoms with Gasteiger partial charge in [-0.2, -0.15) is 0 Å². The van der Waals surface area contributed by atoms with Crippen molar-refractivity contribution in [3.63, 3.8) is 0 Å². The summed E-state index contributed by atoms with van der Waals surface area (Å²) in [6.07, 6.45) is 3.63. The van der Waals surface area contributed by atoms with E-state index in [0.29, 0.717) is 0 Å².